The Morgan fingerprint density at radius 2 is 1.86 bits per heavy atom. The van der Waals surface area contributed by atoms with E-state index in [1.54, 1.807) is 23.5 Å². The van der Waals surface area contributed by atoms with Crippen molar-refractivity contribution >= 4 is 17.1 Å². The van der Waals surface area contributed by atoms with Gasteiger partial charge in [0.1, 0.15) is 6.61 Å². The lowest BCUT2D eigenvalue weighted by Crippen LogP contribution is -2.14. The molecule has 2 heterocycles. The van der Waals surface area contributed by atoms with Gasteiger partial charge < -0.3 is 19.1 Å². The first-order valence-electron chi connectivity index (χ1n) is 9.28. The number of benzene rings is 1. The Morgan fingerprint density at radius 1 is 1.11 bits per heavy atom. The van der Waals surface area contributed by atoms with Gasteiger partial charge in [-0.25, -0.2) is 0 Å². The van der Waals surface area contributed by atoms with Crippen molar-refractivity contribution in [2.45, 2.75) is 26.8 Å². The van der Waals surface area contributed by atoms with Gasteiger partial charge >= 0.3 is 0 Å². The molecule has 2 aromatic heterocycles. The summed E-state index contributed by atoms with van der Waals surface area (Å²) in [7, 11) is 0. The van der Waals surface area contributed by atoms with Crippen LogP contribution in [0.4, 0.5) is 0 Å². The number of aliphatic hydroxyl groups is 1. The van der Waals surface area contributed by atoms with Crippen LogP contribution in [0.25, 0.3) is 0 Å². The average molecular weight is 400 g/mol. The number of hydrogen-bond donors (Lipinski definition) is 1. The number of thiophene rings is 1. The Morgan fingerprint density at radius 3 is 2.54 bits per heavy atom. The molecule has 0 aliphatic heterocycles. The van der Waals surface area contributed by atoms with Gasteiger partial charge in [-0.2, -0.15) is 0 Å². The fourth-order valence-electron chi connectivity index (χ4n) is 3.17. The lowest BCUT2D eigenvalue weighted by molar-refractivity contribution is 0.0917. The average Bonchev–Trinajstić information content (AvgIpc) is 3.31. The number of aromatic nitrogens is 1. The van der Waals surface area contributed by atoms with Gasteiger partial charge in [0.25, 0.3) is 0 Å². The molecule has 0 radical (unpaired) electrons. The molecule has 0 aliphatic rings. The minimum Gasteiger partial charge on any atom is -0.487 e. The number of aliphatic hydroxyl groups excluding tert-OH is 1. The summed E-state index contributed by atoms with van der Waals surface area (Å²) in [6, 6.07) is 13.3. The van der Waals surface area contributed by atoms with E-state index in [0.717, 1.165) is 24.4 Å². The van der Waals surface area contributed by atoms with Crippen LogP contribution in [0.1, 0.15) is 26.6 Å². The number of rotatable bonds is 10. The molecule has 3 rings (SSSR count). The van der Waals surface area contributed by atoms with Crippen LogP contribution in [0.3, 0.4) is 0 Å². The molecular formula is C22H25NO4S. The molecule has 0 unspecified atom stereocenters. The molecule has 5 nitrogen and oxygen atoms in total. The van der Waals surface area contributed by atoms with Crippen LogP contribution in [-0.2, 0) is 13.0 Å². The molecule has 0 spiro atoms. The van der Waals surface area contributed by atoms with Gasteiger partial charge in [0, 0.05) is 28.4 Å². The molecule has 0 amide bonds. The number of Topliss-reactive ketones (excluding diaryl/α,β-unsaturated/α-hetero) is 1. The predicted octanol–water partition coefficient (Wildman–Crippen LogP) is 4.04. The Labute approximate surface area is 169 Å². The third-order valence-electron chi connectivity index (χ3n) is 4.59. The number of ketones is 1. The van der Waals surface area contributed by atoms with E-state index in [1.807, 2.05) is 32.0 Å². The van der Waals surface area contributed by atoms with Gasteiger partial charge in [0.2, 0.25) is 5.78 Å². The summed E-state index contributed by atoms with van der Waals surface area (Å²) in [6.45, 7) is 4.90. The van der Waals surface area contributed by atoms with Crippen molar-refractivity contribution in [3.05, 3.63) is 69.7 Å². The van der Waals surface area contributed by atoms with Crippen LogP contribution in [0.5, 0.6) is 11.5 Å². The summed E-state index contributed by atoms with van der Waals surface area (Å²) in [5, 5.41) is 11.0. The van der Waals surface area contributed by atoms with Gasteiger partial charge in [-0.05, 0) is 49.9 Å². The fraction of sp³-hybridized carbons (Fsp3) is 0.318. The summed E-state index contributed by atoms with van der Waals surface area (Å²) in [6.07, 6.45) is 0.952. The lowest BCUT2D eigenvalue weighted by atomic mass is 10.1. The van der Waals surface area contributed by atoms with Crippen LogP contribution in [0, 0.1) is 13.8 Å². The van der Waals surface area contributed by atoms with Gasteiger partial charge in [-0.15, -0.1) is 11.3 Å². The third-order valence-corrected chi connectivity index (χ3v) is 5.53. The number of aryl methyl sites for hydroxylation is 2. The molecule has 0 aliphatic carbocycles. The SMILES string of the molecule is Cc1cc(C(=O)COc2ccccc2OCCO)c(C)n1CCc1cccs1. The molecule has 0 saturated heterocycles. The molecule has 1 aromatic carbocycles. The normalized spacial score (nSPS) is 10.8. The van der Waals surface area contributed by atoms with Gasteiger partial charge in [-0.3, -0.25) is 4.79 Å². The maximum absolute atomic E-state index is 12.7. The molecule has 6 heteroatoms. The second kappa shape index (κ2) is 9.57. The maximum Gasteiger partial charge on any atom is 0.202 e. The van der Waals surface area contributed by atoms with E-state index in [9.17, 15) is 4.79 Å². The smallest absolute Gasteiger partial charge is 0.202 e. The summed E-state index contributed by atoms with van der Waals surface area (Å²) in [4.78, 5) is 14.1. The zero-order valence-corrected chi connectivity index (χ0v) is 17.0. The molecule has 28 heavy (non-hydrogen) atoms. The number of nitrogens with zero attached hydrogens (tertiary/aromatic N) is 1. The number of carbonyl (C=O) groups is 1. The third kappa shape index (κ3) is 4.82. The summed E-state index contributed by atoms with van der Waals surface area (Å²) >= 11 is 1.75. The first kappa shape index (κ1) is 20.2. The highest BCUT2D eigenvalue weighted by Crippen LogP contribution is 2.27. The summed E-state index contributed by atoms with van der Waals surface area (Å²) < 4.78 is 13.3. The minimum atomic E-state index is -0.0786. The number of hydrogen-bond acceptors (Lipinski definition) is 5. The van der Waals surface area contributed by atoms with Crippen molar-refractivity contribution in [2.75, 3.05) is 19.8 Å². The Hall–Kier alpha value is -2.57. The summed E-state index contributed by atoms with van der Waals surface area (Å²) in [5.74, 6) is 0.953. The lowest BCUT2D eigenvalue weighted by Gasteiger charge is -2.12. The first-order chi connectivity index (χ1) is 13.6. The number of carbonyl (C=O) groups excluding carboxylic acids is 1. The highest BCUT2D eigenvalue weighted by Gasteiger charge is 2.17. The van der Waals surface area contributed by atoms with E-state index in [4.69, 9.17) is 14.6 Å². The van der Waals surface area contributed by atoms with E-state index in [1.165, 1.54) is 4.88 Å². The van der Waals surface area contributed by atoms with E-state index < -0.39 is 0 Å². The highest BCUT2D eigenvalue weighted by atomic mass is 32.1. The van der Waals surface area contributed by atoms with Crippen LogP contribution in [0.2, 0.25) is 0 Å². The topological polar surface area (TPSA) is 60.7 Å². The molecular weight excluding hydrogens is 374 g/mol. The zero-order chi connectivity index (χ0) is 19.9. The van der Waals surface area contributed by atoms with Gasteiger partial charge in [0.05, 0.1) is 6.61 Å². The van der Waals surface area contributed by atoms with E-state index in [0.29, 0.717) is 17.1 Å². The zero-order valence-electron chi connectivity index (χ0n) is 16.2. The monoisotopic (exact) mass is 399 g/mol. The fourth-order valence-corrected chi connectivity index (χ4v) is 3.87. The van der Waals surface area contributed by atoms with Gasteiger partial charge in [-0.1, -0.05) is 18.2 Å². The van der Waals surface area contributed by atoms with Crippen LogP contribution in [-0.4, -0.2) is 35.3 Å². The molecule has 0 bridgehead atoms. The van der Waals surface area contributed by atoms with Crippen LogP contribution < -0.4 is 9.47 Å². The second-order valence-electron chi connectivity index (χ2n) is 6.50. The van der Waals surface area contributed by atoms with Crippen molar-refractivity contribution in [2.24, 2.45) is 0 Å². The first-order valence-corrected chi connectivity index (χ1v) is 10.2. The molecule has 1 N–H and O–H groups in total. The molecule has 3 aromatic rings. The maximum atomic E-state index is 12.7. The standard InChI is InChI=1S/C22H25NO4S/c1-16-14-19(17(2)23(16)10-9-18-6-5-13-28-18)20(25)15-27-22-8-4-3-7-21(22)26-12-11-24/h3-8,13-14,24H,9-12,15H2,1-2H3. The number of ether oxygens (including phenoxy) is 2. The van der Waals surface area contributed by atoms with E-state index >= 15 is 0 Å². The second-order valence-corrected chi connectivity index (χ2v) is 7.53. The minimum absolute atomic E-state index is 0.0608. The van der Waals surface area contributed by atoms with Crippen LogP contribution >= 0.6 is 11.3 Å². The van der Waals surface area contributed by atoms with Crippen LogP contribution in [0.15, 0.2) is 47.8 Å². The Balaban J connectivity index is 1.66. The number of para-hydroxylation sites is 2. The molecule has 0 atom stereocenters. The van der Waals surface area contributed by atoms with Crippen molar-refractivity contribution in [3.8, 4) is 11.5 Å². The highest BCUT2D eigenvalue weighted by molar-refractivity contribution is 7.09. The molecule has 0 fully saturated rings. The molecule has 148 valence electrons. The summed E-state index contributed by atoms with van der Waals surface area (Å²) in [5.41, 5.74) is 2.73. The molecule has 0 saturated carbocycles. The Bertz CT molecular complexity index is 915. The Kier molecular flexibility index (Phi) is 6.90. The largest absolute Gasteiger partial charge is 0.487 e. The van der Waals surface area contributed by atoms with Crippen molar-refractivity contribution in [3.63, 3.8) is 0 Å². The van der Waals surface area contributed by atoms with Crippen molar-refractivity contribution in [1.82, 2.24) is 4.57 Å². The van der Waals surface area contributed by atoms with Gasteiger partial charge in [0.15, 0.2) is 18.1 Å². The quantitative estimate of drug-likeness (QED) is 0.523. The van der Waals surface area contributed by atoms with Crippen molar-refractivity contribution < 1.29 is 19.4 Å². The van der Waals surface area contributed by atoms with E-state index in [2.05, 4.69) is 22.1 Å². The van der Waals surface area contributed by atoms with E-state index in [-0.39, 0.29) is 25.6 Å². The van der Waals surface area contributed by atoms with Crippen molar-refractivity contribution in [1.29, 1.82) is 0 Å². The predicted molar refractivity (Wildman–Crippen MR) is 111 cm³/mol.